The maximum Gasteiger partial charge on any atom is 0.309 e. The Kier molecular flexibility index (Phi) is 11.0. The van der Waals surface area contributed by atoms with Crippen molar-refractivity contribution in [3.63, 3.8) is 0 Å². The Morgan fingerprint density at radius 2 is 1.62 bits per heavy atom. The summed E-state index contributed by atoms with van der Waals surface area (Å²) in [5, 5.41) is 49.1. The highest BCUT2D eigenvalue weighted by Crippen LogP contribution is 2.66. The van der Waals surface area contributed by atoms with Crippen LogP contribution in [0.2, 0.25) is 0 Å². The molecule has 0 spiro atoms. The molecule has 4 saturated carbocycles. The summed E-state index contributed by atoms with van der Waals surface area (Å²) in [6, 6.07) is 0. The zero-order valence-electron chi connectivity index (χ0n) is 26.2. The van der Waals surface area contributed by atoms with Gasteiger partial charge in [-0.1, -0.05) is 13.8 Å². The first-order chi connectivity index (χ1) is 21.1. The molecule has 0 unspecified atom stereocenters. The highest BCUT2D eigenvalue weighted by atomic mass is 16.5. The van der Waals surface area contributed by atoms with Gasteiger partial charge in [0.15, 0.2) is 0 Å². The predicted octanol–water partition coefficient (Wildman–Crippen LogP) is -2.19. The van der Waals surface area contributed by atoms with Gasteiger partial charge in [-0.25, -0.2) is 0 Å². The standard InChI is InChI=1S/C26H41NO5.C6H8O7/c1-25-8-7-18(28)15-17(25)3-4-19-20-5-6-21(26(20,2)16-22(29)23(19)25)24(30)32-14-11-27-9-12-31-13-10-27;7-3(8)1-6(13,5(11)12)2-4(9)10/h17-21,23,28H,3-16H2,1-2H3;13H,1-2H2,(H,7,8)(H,9,10)(H,11,12)/p-3/t17-,18-,19+,20+,21-,23-,25+,26+;/m1./s1. The van der Waals surface area contributed by atoms with Crippen molar-refractivity contribution in [3.8, 4) is 0 Å². The number of fused-ring (bicyclic) bond motifs is 5. The highest BCUT2D eigenvalue weighted by Gasteiger charge is 2.64. The maximum absolute atomic E-state index is 13.7. The van der Waals surface area contributed by atoms with Crippen LogP contribution >= 0.6 is 0 Å². The number of carbonyl (C=O) groups excluding carboxylic acids is 5. The first-order valence-electron chi connectivity index (χ1n) is 16.1. The van der Waals surface area contributed by atoms with Crippen LogP contribution in [0.15, 0.2) is 0 Å². The third kappa shape index (κ3) is 7.52. The van der Waals surface area contributed by atoms with Crippen LogP contribution in [0.25, 0.3) is 0 Å². The molecule has 5 aliphatic rings. The molecular weight excluding hydrogens is 590 g/mol. The SMILES string of the molecule is C[C@]12CC[C@@H](O)C[C@H]1CC[C@H]1[C@@H]3CC[C@H](C(=O)OCCN4CCOCC4)[C@@]3(C)CC(=O)[C@@H]12.O=C([O-])CC(O)(CC(=O)[O-])C(=O)[O-]. The molecule has 4 aliphatic carbocycles. The van der Waals surface area contributed by atoms with Gasteiger partial charge in [-0.05, 0) is 73.5 Å². The molecule has 1 heterocycles. The molecule has 8 atom stereocenters. The monoisotopic (exact) mass is 636 g/mol. The number of aliphatic carboxylic acids is 3. The van der Waals surface area contributed by atoms with Gasteiger partial charge >= 0.3 is 5.97 Å². The predicted molar refractivity (Wildman–Crippen MR) is 149 cm³/mol. The van der Waals surface area contributed by atoms with E-state index in [4.69, 9.17) is 14.6 Å². The number of hydrogen-bond acceptors (Lipinski definition) is 13. The first kappa shape index (κ1) is 35.2. The van der Waals surface area contributed by atoms with E-state index in [2.05, 4.69) is 18.7 Å². The van der Waals surface area contributed by atoms with Crippen molar-refractivity contribution in [1.82, 2.24) is 4.90 Å². The summed E-state index contributed by atoms with van der Waals surface area (Å²) >= 11 is 0. The van der Waals surface area contributed by atoms with E-state index in [0.29, 0.717) is 36.6 Å². The van der Waals surface area contributed by atoms with E-state index in [1.807, 2.05) is 0 Å². The minimum absolute atomic E-state index is 0.0251. The summed E-state index contributed by atoms with van der Waals surface area (Å²) in [4.78, 5) is 59.1. The lowest BCUT2D eigenvalue weighted by molar-refractivity contribution is -0.339. The fraction of sp³-hybridized carbons (Fsp3) is 0.844. The first-order valence-corrected chi connectivity index (χ1v) is 16.1. The number of esters is 1. The summed E-state index contributed by atoms with van der Waals surface area (Å²) < 4.78 is 11.2. The number of aliphatic hydroxyl groups excluding tert-OH is 1. The van der Waals surface area contributed by atoms with Gasteiger partial charge in [0, 0.05) is 56.8 Å². The lowest BCUT2D eigenvalue weighted by Crippen LogP contribution is -2.58. The fourth-order valence-electron chi connectivity index (χ4n) is 9.32. The molecule has 2 N–H and O–H groups in total. The zero-order valence-corrected chi connectivity index (χ0v) is 26.2. The summed E-state index contributed by atoms with van der Waals surface area (Å²) in [6.45, 7) is 9.01. The van der Waals surface area contributed by atoms with Gasteiger partial charge in [0.25, 0.3) is 0 Å². The summed E-state index contributed by atoms with van der Waals surface area (Å²) in [5.74, 6) is -4.44. The van der Waals surface area contributed by atoms with E-state index in [-0.39, 0.29) is 34.7 Å². The molecule has 0 radical (unpaired) electrons. The number of carboxylic acid groups (broad SMARTS) is 3. The molecule has 0 amide bonds. The Morgan fingerprint density at radius 1 is 0.978 bits per heavy atom. The number of rotatable bonds is 9. The second-order valence-electron chi connectivity index (χ2n) is 14.3. The van der Waals surface area contributed by atoms with Gasteiger partial charge in [-0.2, -0.15) is 0 Å². The fourth-order valence-corrected chi connectivity index (χ4v) is 9.32. The molecular formula is C32H46NO12-3. The van der Waals surface area contributed by atoms with E-state index in [1.165, 1.54) is 0 Å². The Hall–Kier alpha value is -2.61. The highest BCUT2D eigenvalue weighted by molar-refractivity contribution is 5.86. The third-order valence-corrected chi connectivity index (χ3v) is 11.6. The van der Waals surface area contributed by atoms with Crippen molar-refractivity contribution in [2.75, 3.05) is 39.5 Å². The summed E-state index contributed by atoms with van der Waals surface area (Å²) in [6.07, 6.45) is 4.32. The molecule has 5 fully saturated rings. The zero-order chi connectivity index (χ0) is 33.2. The van der Waals surface area contributed by atoms with Crippen molar-refractivity contribution in [3.05, 3.63) is 0 Å². The molecule has 254 valence electrons. The number of carboxylic acids is 3. The second-order valence-corrected chi connectivity index (χ2v) is 14.3. The Labute approximate surface area is 263 Å². The van der Waals surface area contributed by atoms with Crippen LogP contribution in [0.1, 0.15) is 78.1 Å². The molecule has 0 aromatic carbocycles. The Morgan fingerprint density at radius 3 is 2.22 bits per heavy atom. The topological polar surface area (TPSA) is 217 Å². The van der Waals surface area contributed by atoms with Crippen LogP contribution in [0.5, 0.6) is 0 Å². The van der Waals surface area contributed by atoms with Gasteiger partial charge in [-0.15, -0.1) is 0 Å². The molecule has 0 bridgehead atoms. The molecule has 5 rings (SSSR count). The number of Topliss-reactive ketones (excluding diaryl/α,β-unsaturated/α-hetero) is 1. The molecule has 1 saturated heterocycles. The van der Waals surface area contributed by atoms with Gasteiger partial charge in [0.05, 0.1) is 31.2 Å². The number of ketones is 1. The van der Waals surface area contributed by atoms with Crippen LogP contribution in [0, 0.1) is 40.4 Å². The number of hydrogen-bond donors (Lipinski definition) is 2. The lowest BCUT2D eigenvalue weighted by atomic mass is 9.44. The Balaban J connectivity index is 0.000000302. The average molecular weight is 637 g/mol. The Bertz CT molecular complexity index is 1120. The van der Waals surface area contributed by atoms with E-state index < -0.39 is 36.4 Å². The lowest BCUT2D eigenvalue weighted by Gasteiger charge is -2.59. The van der Waals surface area contributed by atoms with E-state index >= 15 is 0 Å². The number of ether oxygens (including phenoxy) is 2. The molecule has 0 aromatic rings. The third-order valence-electron chi connectivity index (χ3n) is 11.6. The van der Waals surface area contributed by atoms with Crippen LogP contribution in [0.3, 0.4) is 0 Å². The van der Waals surface area contributed by atoms with Crippen LogP contribution in [-0.2, 0) is 33.4 Å². The van der Waals surface area contributed by atoms with Crippen molar-refractivity contribution < 1.29 is 59.0 Å². The van der Waals surface area contributed by atoms with Crippen LogP contribution in [-0.4, -0.2) is 95.9 Å². The van der Waals surface area contributed by atoms with Crippen LogP contribution < -0.4 is 15.3 Å². The molecule has 45 heavy (non-hydrogen) atoms. The molecule has 1 aliphatic heterocycles. The maximum atomic E-state index is 13.7. The number of carbonyl (C=O) groups is 5. The number of aliphatic hydroxyl groups is 2. The van der Waals surface area contributed by atoms with Gasteiger partial charge in [0.1, 0.15) is 18.0 Å². The molecule has 13 heteroatoms. The van der Waals surface area contributed by atoms with Crippen LogP contribution in [0.4, 0.5) is 0 Å². The van der Waals surface area contributed by atoms with Gasteiger partial charge < -0.3 is 49.4 Å². The van der Waals surface area contributed by atoms with Gasteiger partial charge in [0.2, 0.25) is 0 Å². The largest absolute Gasteiger partial charge is 0.550 e. The summed E-state index contributed by atoms with van der Waals surface area (Å²) in [5.41, 5.74) is -3.21. The quantitative estimate of drug-likeness (QED) is 0.257. The number of morpholine rings is 1. The van der Waals surface area contributed by atoms with Crippen molar-refractivity contribution >= 4 is 29.7 Å². The average Bonchev–Trinajstić information content (AvgIpc) is 3.29. The van der Waals surface area contributed by atoms with E-state index in [1.54, 1.807) is 0 Å². The minimum Gasteiger partial charge on any atom is -0.550 e. The molecule has 13 nitrogen and oxygen atoms in total. The minimum atomic E-state index is -2.97. The van der Waals surface area contributed by atoms with Crippen molar-refractivity contribution in [2.24, 2.45) is 40.4 Å². The summed E-state index contributed by atoms with van der Waals surface area (Å²) in [7, 11) is 0. The second kappa shape index (κ2) is 14.0. The smallest absolute Gasteiger partial charge is 0.309 e. The normalized spacial score (nSPS) is 36.4. The van der Waals surface area contributed by atoms with Crippen molar-refractivity contribution in [1.29, 1.82) is 0 Å². The van der Waals surface area contributed by atoms with Crippen molar-refractivity contribution in [2.45, 2.75) is 89.8 Å². The molecule has 0 aromatic heterocycles. The van der Waals surface area contributed by atoms with Gasteiger partial charge in [-0.3, -0.25) is 14.5 Å². The van der Waals surface area contributed by atoms with E-state index in [0.717, 1.165) is 77.8 Å². The number of nitrogens with zero attached hydrogens (tertiary/aromatic N) is 1. The van der Waals surface area contributed by atoms with E-state index in [9.17, 15) is 44.4 Å².